The highest BCUT2D eigenvalue weighted by molar-refractivity contribution is 7.99. The van der Waals surface area contributed by atoms with Crippen LogP contribution in [-0.4, -0.2) is 5.75 Å². The van der Waals surface area contributed by atoms with Gasteiger partial charge in [0.2, 0.25) is 0 Å². The molecule has 0 spiro atoms. The monoisotopic (exact) mass is 348 g/mol. The molecule has 1 aromatic carbocycles. The Kier molecular flexibility index (Phi) is 14.5. The molecule has 1 aromatic rings. The van der Waals surface area contributed by atoms with Crippen LogP contribution in [0.1, 0.15) is 102 Å². The van der Waals surface area contributed by atoms with Gasteiger partial charge in [-0.2, -0.15) is 0 Å². The minimum atomic E-state index is 1.28. The molecule has 0 nitrogen and oxygen atoms in total. The van der Waals surface area contributed by atoms with E-state index in [2.05, 4.69) is 38.1 Å². The first kappa shape index (κ1) is 21.6. The van der Waals surface area contributed by atoms with E-state index in [1.807, 2.05) is 11.8 Å². The lowest BCUT2D eigenvalue weighted by Gasteiger charge is -2.04. The molecule has 0 aliphatic rings. The molecule has 0 unspecified atom stereocenters. The highest BCUT2D eigenvalue weighted by Crippen LogP contribution is 2.21. The van der Waals surface area contributed by atoms with E-state index in [1.54, 1.807) is 0 Å². The molecule has 0 heterocycles. The summed E-state index contributed by atoms with van der Waals surface area (Å²) in [5, 5.41) is 0. The van der Waals surface area contributed by atoms with Crippen molar-refractivity contribution in [1.29, 1.82) is 0 Å². The average molecular weight is 349 g/mol. The summed E-state index contributed by atoms with van der Waals surface area (Å²) in [6, 6.07) is 8.88. The molecule has 138 valence electrons. The van der Waals surface area contributed by atoms with Gasteiger partial charge in [-0.1, -0.05) is 108 Å². The third kappa shape index (κ3) is 12.9. The van der Waals surface area contributed by atoms with Crippen molar-refractivity contribution in [3.05, 3.63) is 29.8 Å². The second kappa shape index (κ2) is 16.1. The summed E-state index contributed by atoms with van der Waals surface area (Å²) in [7, 11) is 0. The van der Waals surface area contributed by atoms with Crippen LogP contribution in [0.15, 0.2) is 29.2 Å². The van der Waals surface area contributed by atoms with Crippen LogP contribution in [0, 0.1) is 6.92 Å². The van der Waals surface area contributed by atoms with Gasteiger partial charge in [-0.3, -0.25) is 0 Å². The molecule has 0 atom stereocenters. The number of unbranched alkanes of at least 4 members (excludes halogenated alkanes) is 13. The van der Waals surface area contributed by atoms with Crippen molar-refractivity contribution in [2.24, 2.45) is 0 Å². The third-order valence-electron chi connectivity index (χ3n) is 4.76. The van der Waals surface area contributed by atoms with Crippen molar-refractivity contribution in [2.75, 3.05) is 5.75 Å². The van der Waals surface area contributed by atoms with Gasteiger partial charge < -0.3 is 0 Å². The van der Waals surface area contributed by atoms with Gasteiger partial charge in [0.25, 0.3) is 0 Å². The van der Waals surface area contributed by atoms with Crippen molar-refractivity contribution in [3.8, 4) is 0 Å². The molecule has 0 bridgehead atoms. The number of hydrogen-bond acceptors (Lipinski definition) is 1. The quantitative estimate of drug-likeness (QED) is 0.213. The van der Waals surface area contributed by atoms with Crippen LogP contribution in [0.25, 0.3) is 0 Å². The van der Waals surface area contributed by atoms with Gasteiger partial charge in [0.1, 0.15) is 0 Å². The molecular weight excluding hydrogens is 308 g/mol. The standard InChI is InChI=1S/C23H40S/c1-3-4-5-6-7-8-9-10-11-12-13-14-15-16-20-24-23-19-17-18-22(2)21-23/h17-19,21H,3-16,20H2,1-2H3. The van der Waals surface area contributed by atoms with Crippen LogP contribution >= 0.6 is 11.8 Å². The topological polar surface area (TPSA) is 0 Å². The molecule has 1 heteroatoms. The lowest BCUT2D eigenvalue weighted by Crippen LogP contribution is -1.85. The van der Waals surface area contributed by atoms with E-state index in [9.17, 15) is 0 Å². The maximum absolute atomic E-state index is 2.30. The second-order valence-electron chi connectivity index (χ2n) is 7.26. The Morgan fingerprint density at radius 3 is 1.67 bits per heavy atom. The zero-order valence-electron chi connectivity index (χ0n) is 16.3. The highest BCUT2D eigenvalue weighted by atomic mass is 32.2. The predicted molar refractivity (Wildman–Crippen MR) is 112 cm³/mol. The summed E-state index contributed by atoms with van der Waals surface area (Å²) >= 11 is 2.02. The van der Waals surface area contributed by atoms with Crippen molar-refractivity contribution in [1.82, 2.24) is 0 Å². The van der Waals surface area contributed by atoms with Crippen LogP contribution < -0.4 is 0 Å². The molecular formula is C23H40S. The maximum Gasteiger partial charge on any atom is 0.00745 e. The van der Waals surface area contributed by atoms with Crippen LogP contribution in [-0.2, 0) is 0 Å². The van der Waals surface area contributed by atoms with Gasteiger partial charge in [0.05, 0.1) is 0 Å². The summed E-state index contributed by atoms with van der Waals surface area (Å²) in [4.78, 5) is 1.43. The van der Waals surface area contributed by atoms with E-state index in [0.29, 0.717) is 0 Å². The van der Waals surface area contributed by atoms with Gasteiger partial charge in [-0.15, -0.1) is 11.8 Å². The Labute approximate surface area is 156 Å². The SMILES string of the molecule is CCCCCCCCCCCCCCCCSc1cccc(C)c1. The van der Waals surface area contributed by atoms with Gasteiger partial charge in [0, 0.05) is 4.90 Å². The van der Waals surface area contributed by atoms with Crippen LogP contribution in [0.2, 0.25) is 0 Å². The molecule has 0 aliphatic carbocycles. The lowest BCUT2D eigenvalue weighted by atomic mass is 10.0. The van der Waals surface area contributed by atoms with Gasteiger partial charge in [0.15, 0.2) is 0 Å². The van der Waals surface area contributed by atoms with Crippen molar-refractivity contribution < 1.29 is 0 Å². The number of benzene rings is 1. The highest BCUT2D eigenvalue weighted by Gasteiger charge is 1.96. The van der Waals surface area contributed by atoms with Gasteiger partial charge in [-0.25, -0.2) is 0 Å². The number of rotatable bonds is 16. The Bertz CT molecular complexity index is 385. The summed E-state index contributed by atoms with van der Waals surface area (Å²) < 4.78 is 0. The van der Waals surface area contributed by atoms with Gasteiger partial charge >= 0.3 is 0 Å². The fourth-order valence-corrected chi connectivity index (χ4v) is 4.22. The minimum absolute atomic E-state index is 1.28. The fraction of sp³-hybridized carbons (Fsp3) is 0.739. The first-order valence-electron chi connectivity index (χ1n) is 10.5. The number of hydrogen-bond donors (Lipinski definition) is 0. The normalized spacial score (nSPS) is 11.1. The molecule has 0 aliphatic heterocycles. The average Bonchev–Trinajstić information content (AvgIpc) is 2.58. The molecule has 0 N–H and O–H groups in total. The fourth-order valence-electron chi connectivity index (χ4n) is 3.19. The van der Waals surface area contributed by atoms with E-state index < -0.39 is 0 Å². The zero-order chi connectivity index (χ0) is 17.3. The molecule has 1 rings (SSSR count). The molecule has 0 saturated carbocycles. The lowest BCUT2D eigenvalue weighted by molar-refractivity contribution is 0.538. The van der Waals surface area contributed by atoms with Crippen molar-refractivity contribution in [2.45, 2.75) is 109 Å². The van der Waals surface area contributed by atoms with E-state index >= 15 is 0 Å². The summed E-state index contributed by atoms with van der Waals surface area (Å²) in [5.74, 6) is 1.28. The summed E-state index contributed by atoms with van der Waals surface area (Å²) in [5.41, 5.74) is 1.38. The van der Waals surface area contributed by atoms with Crippen LogP contribution in [0.5, 0.6) is 0 Å². The second-order valence-corrected chi connectivity index (χ2v) is 8.43. The Balaban J connectivity index is 1.76. The van der Waals surface area contributed by atoms with E-state index in [-0.39, 0.29) is 0 Å². The molecule has 0 fully saturated rings. The van der Waals surface area contributed by atoms with Crippen LogP contribution in [0.4, 0.5) is 0 Å². The number of aryl methyl sites for hydroxylation is 1. The molecule has 0 aromatic heterocycles. The molecule has 24 heavy (non-hydrogen) atoms. The first-order chi connectivity index (χ1) is 11.8. The van der Waals surface area contributed by atoms with Gasteiger partial charge in [-0.05, 0) is 31.2 Å². The Morgan fingerprint density at radius 2 is 1.17 bits per heavy atom. The largest absolute Gasteiger partial charge is 0.126 e. The maximum atomic E-state index is 2.30. The van der Waals surface area contributed by atoms with Crippen molar-refractivity contribution >= 4 is 11.8 Å². The molecule has 0 saturated heterocycles. The van der Waals surface area contributed by atoms with Crippen LogP contribution in [0.3, 0.4) is 0 Å². The van der Waals surface area contributed by atoms with E-state index in [0.717, 1.165) is 0 Å². The van der Waals surface area contributed by atoms with E-state index in [1.165, 1.54) is 106 Å². The van der Waals surface area contributed by atoms with Crippen molar-refractivity contribution in [3.63, 3.8) is 0 Å². The smallest absolute Gasteiger partial charge is 0.00745 e. The first-order valence-corrected chi connectivity index (χ1v) is 11.5. The summed E-state index contributed by atoms with van der Waals surface area (Å²) in [6.45, 7) is 4.47. The van der Waals surface area contributed by atoms with E-state index in [4.69, 9.17) is 0 Å². The Morgan fingerprint density at radius 1 is 0.667 bits per heavy atom. The summed E-state index contributed by atoms with van der Waals surface area (Å²) in [6.07, 6.45) is 20.2. The molecule has 0 radical (unpaired) electrons. The number of thioether (sulfide) groups is 1. The Hall–Kier alpha value is -0.430. The predicted octanol–water partition coefficient (Wildman–Crippen LogP) is 8.57. The zero-order valence-corrected chi connectivity index (χ0v) is 17.1. The minimum Gasteiger partial charge on any atom is -0.126 e. The molecule has 0 amide bonds. The third-order valence-corrected chi connectivity index (χ3v) is 5.84.